The number of fused-ring (bicyclic) bond motifs is 6. The first-order valence-electron chi connectivity index (χ1n) is 24.2. The summed E-state index contributed by atoms with van der Waals surface area (Å²) >= 11 is 0. The summed E-state index contributed by atoms with van der Waals surface area (Å²) in [5, 5.41) is 2.04. The molecule has 0 aliphatic carbocycles. The third-order valence-corrected chi connectivity index (χ3v) is 13.8. The van der Waals surface area contributed by atoms with Crippen LogP contribution >= 0.6 is 0 Å². The predicted octanol–water partition coefficient (Wildman–Crippen LogP) is 17.6. The van der Waals surface area contributed by atoms with Crippen LogP contribution in [0.1, 0.15) is 52.7 Å². The van der Waals surface area contributed by atoms with E-state index in [1.54, 1.807) is 0 Å². The molecule has 0 radical (unpaired) electrons. The SMILES string of the molecule is CC(C)(C)c1ccc(-c2cccc(-c3cccc(-c4ccccc4)c3)c2N2CN(c3cccc(Oc4ccc5c6oc7ccccc7c6n(-c6cc(C(C)(C)C)ccn6)c5c4)c3)c3ccccc32)cc1. The normalized spacial score (nSPS) is 12.9. The Hall–Kier alpha value is -8.35. The Morgan fingerprint density at radius 2 is 1.14 bits per heavy atom. The highest BCUT2D eigenvalue weighted by molar-refractivity contribution is 6.16. The van der Waals surface area contributed by atoms with E-state index in [1.807, 2.05) is 30.5 Å². The highest BCUT2D eigenvalue weighted by atomic mass is 16.5. The summed E-state index contributed by atoms with van der Waals surface area (Å²) in [6.07, 6.45) is 1.91. The van der Waals surface area contributed by atoms with Crippen LogP contribution in [0.2, 0.25) is 0 Å². The van der Waals surface area contributed by atoms with Gasteiger partial charge in [-0.25, -0.2) is 4.98 Å². The van der Waals surface area contributed by atoms with Gasteiger partial charge in [-0.15, -0.1) is 0 Å². The van der Waals surface area contributed by atoms with Crippen LogP contribution in [0.5, 0.6) is 11.5 Å². The number of pyridine rings is 1. The number of hydrogen-bond donors (Lipinski definition) is 0. The minimum Gasteiger partial charge on any atom is -0.457 e. The van der Waals surface area contributed by atoms with Gasteiger partial charge in [-0.3, -0.25) is 4.57 Å². The molecule has 8 aromatic carbocycles. The van der Waals surface area contributed by atoms with Crippen molar-refractivity contribution in [1.29, 1.82) is 0 Å². The van der Waals surface area contributed by atoms with Gasteiger partial charge in [0.2, 0.25) is 0 Å². The number of ether oxygens (including phenoxy) is 1. The van der Waals surface area contributed by atoms with Crippen LogP contribution in [0.25, 0.3) is 72.2 Å². The molecular weight excluding hydrogens is 857 g/mol. The molecule has 4 heterocycles. The van der Waals surface area contributed by atoms with Crippen molar-refractivity contribution in [3.63, 3.8) is 0 Å². The molecule has 0 N–H and O–H groups in total. The van der Waals surface area contributed by atoms with E-state index in [1.165, 1.54) is 38.9 Å². The number of furan rings is 1. The second-order valence-corrected chi connectivity index (χ2v) is 20.5. The summed E-state index contributed by atoms with van der Waals surface area (Å²) < 4.78 is 15.6. The first-order valence-corrected chi connectivity index (χ1v) is 24.2. The third-order valence-electron chi connectivity index (χ3n) is 13.8. The van der Waals surface area contributed by atoms with Crippen LogP contribution in [0.3, 0.4) is 0 Å². The molecular formula is C64H54N4O2. The van der Waals surface area contributed by atoms with Crippen LogP contribution in [0, 0.1) is 0 Å². The lowest BCUT2D eigenvalue weighted by atomic mass is 9.85. The number of nitrogens with zero attached hydrogens (tertiary/aromatic N) is 4. The van der Waals surface area contributed by atoms with Gasteiger partial charge in [-0.1, -0.05) is 163 Å². The molecule has 0 atom stereocenters. The van der Waals surface area contributed by atoms with Gasteiger partial charge in [0, 0.05) is 45.9 Å². The van der Waals surface area contributed by atoms with Crippen molar-refractivity contribution < 1.29 is 9.15 Å². The number of para-hydroxylation sites is 4. The summed E-state index contributed by atoms with van der Waals surface area (Å²) in [6.45, 7) is 14.1. The Balaban J connectivity index is 0.940. The average molecular weight is 911 g/mol. The molecule has 11 aromatic rings. The van der Waals surface area contributed by atoms with Gasteiger partial charge in [-0.05, 0) is 111 Å². The molecule has 1 aliphatic rings. The first kappa shape index (κ1) is 43.0. The number of rotatable bonds is 8. The number of anilines is 4. The van der Waals surface area contributed by atoms with Crippen molar-refractivity contribution in [3.05, 3.63) is 218 Å². The van der Waals surface area contributed by atoms with E-state index in [2.05, 4.69) is 232 Å². The Kier molecular flexibility index (Phi) is 10.3. The van der Waals surface area contributed by atoms with Crippen molar-refractivity contribution in [2.45, 2.75) is 52.4 Å². The highest BCUT2D eigenvalue weighted by Crippen LogP contribution is 2.51. The molecule has 1 aliphatic heterocycles. The van der Waals surface area contributed by atoms with Gasteiger partial charge in [0.15, 0.2) is 5.58 Å². The average Bonchev–Trinajstić information content (AvgIpc) is 4.05. The van der Waals surface area contributed by atoms with Crippen molar-refractivity contribution >= 4 is 55.7 Å². The number of benzene rings is 8. The largest absolute Gasteiger partial charge is 0.457 e. The Morgan fingerprint density at radius 1 is 0.486 bits per heavy atom. The number of hydrogen-bond acceptors (Lipinski definition) is 5. The van der Waals surface area contributed by atoms with Crippen LogP contribution in [-0.4, -0.2) is 16.2 Å². The second-order valence-electron chi connectivity index (χ2n) is 20.5. The van der Waals surface area contributed by atoms with Crippen LogP contribution in [0.4, 0.5) is 22.7 Å². The fraction of sp³-hybridized carbons (Fsp3) is 0.141. The van der Waals surface area contributed by atoms with Gasteiger partial charge >= 0.3 is 0 Å². The van der Waals surface area contributed by atoms with E-state index in [4.69, 9.17) is 14.1 Å². The molecule has 6 heteroatoms. The fourth-order valence-electron chi connectivity index (χ4n) is 10.2. The maximum Gasteiger partial charge on any atom is 0.161 e. The molecule has 0 bridgehead atoms. The van der Waals surface area contributed by atoms with E-state index < -0.39 is 0 Å². The molecule has 6 nitrogen and oxygen atoms in total. The smallest absolute Gasteiger partial charge is 0.161 e. The van der Waals surface area contributed by atoms with Crippen molar-refractivity contribution in [1.82, 2.24) is 9.55 Å². The highest BCUT2D eigenvalue weighted by Gasteiger charge is 2.32. The Morgan fingerprint density at radius 3 is 1.93 bits per heavy atom. The molecule has 342 valence electrons. The summed E-state index contributed by atoms with van der Waals surface area (Å²) in [5.41, 5.74) is 17.7. The fourth-order valence-corrected chi connectivity index (χ4v) is 10.2. The maximum absolute atomic E-state index is 6.85. The zero-order valence-electron chi connectivity index (χ0n) is 40.4. The van der Waals surface area contributed by atoms with Crippen LogP contribution in [0.15, 0.2) is 211 Å². The van der Waals surface area contributed by atoms with E-state index >= 15 is 0 Å². The first-order chi connectivity index (χ1) is 34.0. The van der Waals surface area contributed by atoms with Gasteiger partial charge in [0.25, 0.3) is 0 Å². The van der Waals surface area contributed by atoms with Gasteiger partial charge < -0.3 is 19.0 Å². The summed E-state index contributed by atoms with van der Waals surface area (Å²) in [7, 11) is 0. The molecule has 12 rings (SSSR count). The monoisotopic (exact) mass is 910 g/mol. The minimum absolute atomic E-state index is 0.0455. The standard InChI is InChI=1S/C64H54N4O2/c1-63(2,3)46-31-29-43(30-32-46)51-24-16-25-52(45-20-14-19-44(37-45)42-17-8-7-9-18-42)60(51)67-41-66(55-26-11-12-27-56(55)67)48-21-15-22-49(39-48)69-50-33-34-53-57(40-50)68(59-38-47(35-36-65-59)64(4,5)6)61-54-23-10-13-28-58(54)70-62(53)61/h7-40H,41H2,1-6H3. The molecule has 0 fully saturated rings. The summed E-state index contributed by atoms with van der Waals surface area (Å²) in [4.78, 5) is 9.83. The molecule has 0 spiro atoms. The zero-order valence-corrected chi connectivity index (χ0v) is 40.4. The van der Waals surface area contributed by atoms with Crippen LogP contribution < -0.4 is 14.5 Å². The maximum atomic E-state index is 6.85. The predicted molar refractivity (Wildman–Crippen MR) is 291 cm³/mol. The van der Waals surface area contributed by atoms with E-state index in [-0.39, 0.29) is 10.8 Å². The molecule has 0 saturated heterocycles. The van der Waals surface area contributed by atoms with Gasteiger partial charge in [-0.2, -0.15) is 0 Å². The van der Waals surface area contributed by atoms with E-state index in [0.717, 1.165) is 78.6 Å². The molecule has 0 unspecified atom stereocenters. The summed E-state index contributed by atoms with van der Waals surface area (Å²) in [6, 6.07) is 71.5. The molecule has 3 aromatic heterocycles. The van der Waals surface area contributed by atoms with E-state index in [9.17, 15) is 0 Å². The van der Waals surface area contributed by atoms with E-state index in [0.29, 0.717) is 6.67 Å². The Labute approximate surface area is 409 Å². The lowest BCUT2D eigenvalue weighted by molar-refractivity contribution is 0.483. The van der Waals surface area contributed by atoms with Crippen molar-refractivity contribution in [2.24, 2.45) is 0 Å². The quantitative estimate of drug-likeness (QED) is 0.152. The third kappa shape index (κ3) is 7.57. The second kappa shape index (κ2) is 16.7. The van der Waals surface area contributed by atoms with Gasteiger partial charge in [0.05, 0.1) is 22.6 Å². The summed E-state index contributed by atoms with van der Waals surface area (Å²) in [5.74, 6) is 2.30. The van der Waals surface area contributed by atoms with Crippen molar-refractivity contribution in [2.75, 3.05) is 16.5 Å². The minimum atomic E-state index is -0.0526. The zero-order chi connectivity index (χ0) is 47.7. The van der Waals surface area contributed by atoms with Gasteiger partial charge in [0.1, 0.15) is 35.1 Å². The topological polar surface area (TPSA) is 46.7 Å². The lowest BCUT2D eigenvalue weighted by Gasteiger charge is -2.28. The van der Waals surface area contributed by atoms with Crippen molar-refractivity contribution in [3.8, 4) is 50.7 Å². The molecule has 0 saturated carbocycles. The molecule has 0 amide bonds. The lowest BCUT2D eigenvalue weighted by Crippen LogP contribution is -2.25. The number of aromatic nitrogens is 2. The van der Waals surface area contributed by atoms with Crippen LogP contribution in [-0.2, 0) is 10.8 Å². The Bertz CT molecular complexity index is 3760. The molecule has 70 heavy (non-hydrogen) atoms.